The lowest BCUT2D eigenvalue weighted by molar-refractivity contribution is -0.137. The van der Waals surface area contributed by atoms with E-state index in [1.165, 1.54) is 6.08 Å². The number of carbonyl (C=O) groups is 1. The largest absolute Gasteiger partial charge is 0.508 e. The summed E-state index contributed by atoms with van der Waals surface area (Å²) in [6.07, 6.45) is 2.00. The molecule has 20 heavy (non-hydrogen) atoms. The zero-order valence-electron chi connectivity index (χ0n) is 11.7. The van der Waals surface area contributed by atoms with Gasteiger partial charge in [0, 0.05) is 11.6 Å². The molecule has 0 fully saturated rings. The van der Waals surface area contributed by atoms with Crippen LogP contribution in [0.15, 0.2) is 48.0 Å². The van der Waals surface area contributed by atoms with Gasteiger partial charge in [-0.1, -0.05) is 35.9 Å². The fraction of sp³-hybridized carbons (Fsp3) is 0.235. The molecule has 2 aromatic carbocycles. The highest BCUT2D eigenvalue weighted by molar-refractivity contribution is 5.88. The fourth-order valence-electron chi connectivity index (χ4n) is 2.23. The Morgan fingerprint density at radius 2 is 2.00 bits per heavy atom. The number of ether oxygens (including phenoxy) is 1. The maximum absolute atomic E-state index is 11.4. The minimum Gasteiger partial charge on any atom is -0.508 e. The third-order valence-electron chi connectivity index (χ3n) is 3.12. The molecular weight excluding hydrogens is 252 g/mol. The van der Waals surface area contributed by atoms with E-state index in [4.69, 9.17) is 4.74 Å². The van der Waals surface area contributed by atoms with Gasteiger partial charge in [-0.2, -0.15) is 0 Å². The van der Waals surface area contributed by atoms with Crippen molar-refractivity contribution in [2.24, 2.45) is 0 Å². The number of carbonyl (C=O) groups excluding carboxylic acids is 1. The lowest BCUT2D eigenvalue weighted by atomic mass is 9.98. The Morgan fingerprint density at radius 3 is 2.75 bits per heavy atom. The highest BCUT2D eigenvalue weighted by Gasteiger charge is 2.08. The third kappa shape index (κ3) is 3.18. The Kier molecular flexibility index (Phi) is 4.41. The highest BCUT2D eigenvalue weighted by atomic mass is 16.5. The highest BCUT2D eigenvalue weighted by Crippen LogP contribution is 2.29. The van der Waals surface area contributed by atoms with Crippen molar-refractivity contribution in [3.63, 3.8) is 0 Å². The Labute approximate surface area is 118 Å². The van der Waals surface area contributed by atoms with Crippen molar-refractivity contribution in [3.8, 4) is 5.75 Å². The summed E-state index contributed by atoms with van der Waals surface area (Å²) in [6.45, 7) is 4.00. The summed E-state index contributed by atoms with van der Waals surface area (Å²) in [6, 6.07) is 11.5. The zero-order chi connectivity index (χ0) is 14.5. The van der Waals surface area contributed by atoms with E-state index in [0.717, 1.165) is 21.9 Å². The second-order valence-corrected chi connectivity index (χ2v) is 4.70. The van der Waals surface area contributed by atoms with Gasteiger partial charge in [0.25, 0.3) is 0 Å². The van der Waals surface area contributed by atoms with Crippen LogP contribution in [0.5, 0.6) is 5.75 Å². The average Bonchev–Trinajstić information content (AvgIpc) is 2.42. The molecule has 0 spiro atoms. The molecule has 0 aliphatic carbocycles. The van der Waals surface area contributed by atoms with Gasteiger partial charge >= 0.3 is 5.97 Å². The Hall–Kier alpha value is -2.29. The maximum Gasteiger partial charge on any atom is 0.330 e. The normalized spacial score (nSPS) is 11.6. The van der Waals surface area contributed by atoms with Gasteiger partial charge < -0.3 is 9.84 Å². The number of benzene rings is 2. The number of phenolic OH excluding ortho intramolecular Hbond substituents is 1. The van der Waals surface area contributed by atoms with Gasteiger partial charge in [-0.15, -0.1) is 0 Å². The lowest BCUT2D eigenvalue weighted by Crippen LogP contribution is -2.01. The molecule has 0 aliphatic heterocycles. The molecule has 0 heterocycles. The molecular formula is C17H18O3. The van der Waals surface area contributed by atoms with Crippen molar-refractivity contribution in [1.29, 1.82) is 0 Å². The van der Waals surface area contributed by atoms with E-state index in [2.05, 4.69) is 0 Å². The van der Waals surface area contributed by atoms with Crippen LogP contribution in [0.1, 0.15) is 19.4 Å². The summed E-state index contributed by atoms with van der Waals surface area (Å²) in [5, 5.41) is 12.1. The summed E-state index contributed by atoms with van der Waals surface area (Å²) in [5.41, 5.74) is 1.69. The summed E-state index contributed by atoms with van der Waals surface area (Å²) >= 11 is 0. The zero-order valence-corrected chi connectivity index (χ0v) is 11.7. The van der Waals surface area contributed by atoms with Crippen LogP contribution in [-0.2, 0) is 16.0 Å². The first-order valence-corrected chi connectivity index (χ1v) is 6.65. The molecule has 0 atom stereocenters. The fourth-order valence-corrected chi connectivity index (χ4v) is 2.23. The van der Waals surface area contributed by atoms with Crippen LogP contribution in [-0.4, -0.2) is 17.7 Å². The number of fused-ring (bicyclic) bond motifs is 1. The van der Waals surface area contributed by atoms with Crippen LogP contribution in [0.2, 0.25) is 0 Å². The number of hydrogen-bond acceptors (Lipinski definition) is 3. The molecule has 3 nitrogen and oxygen atoms in total. The van der Waals surface area contributed by atoms with E-state index in [0.29, 0.717) is 13.0 Å². The smallest absolute Gasteiger partial charge is 0.330 e. The molecule has 0 saturated heterocycles. The molecule has 0 unspecified atom stereocenters. The van der Waals surface area contributed by atoms with Gasteiger partial charge in [0.15, 0.2) is 0 Å². The monoisotopic (exact) mass is 270 g/mol. The third-order valence-corrected chi connectivity index (χ3v) is 3.12. The minimum absolute atomic E-state index is 0.250. The van der Waals surface area contributed by atoms with Crippen molar-refractivity contribution in [2.75, 3.05) is 6.61 Å². The number of aromatic hydroxyl groups is 1. The molecule has 104 valence electrons. The van der Waals surface area contributed by atoms with Gasteiger partial charge in [0.2, 0.25) is 0 Å². The summed E-state index contributed by atoms with van der Waals surface area (Å²) in [4.78, 5) is 11.4. The number of rotatable bonds is 4. The maximum atomic E-state index is 11.4. The number of hydrogen-bond donors (Lipinski definition) is 1. The van der Waals surface area contributed by atoms with Crippen LogP contribution in [0.4, 0.5) is 0 Å². The first-order chi connectivity index (χ1) is 9.61. The molecule has 0 aliphatic rings. The molecule has 3 heteroatoms. The van der Waals surface area contributed by atoms with Crippen molar-refractivity contribution in [2.45, 2.75) is 20.3 Å². The second-order valence-electron chi connectivity index (χ2n) is 4.70. The van der Waals surface area contributed by atoms with E-state index in [9.17, 15) is 9.90 Å². The van der Waals surface area contributed by atoms with Crippen LogP contribution in [0, 0.1) is 0 Å². The van der Waals surface area contributed by atoms with Gasteiger partial charge in [0.1, 0.15) is 5.75 Å². The van der Waals surface area contributed by atoms with Crippen molar-refractivity contribution in [1.82, 2.24) is 0 Å². The first kappa shape index (κ1) is 14.1. The predicted octanol–water partition coefficient (Wildman–Crippen LogP) is 3.60. The quantitative estimate of drug-likeness (QED) is 0.682. The SMILES string of the molecule is CCOC(=O)/C=C(/C)Cc1c(O)ccc2ccccc12. The van der Waals surface area contributed by atoms with Gasteiger partial charge in [-0.05, 0) is 37.1 Å². The van der Waals surface area contributed by atoms with Crippen LogP contribution >= 0.6 is 0 Å². The Bertz CT molecular complexity index is 656. The van der Waals surface area contributed by atoms with Gasteiger partial charge in [0.05, 0.1) is 6.61 Å². The molecule has 0 radical (unpaired) electrons. The number of phenols is 1. The molecule has 2 rings (SSSR count). The van der Waals surface area contributed by atoms with E-state index >= 15 is 0 Å². The number of esters is 1. The number of allylic oxidation sites excluding steroid dienone is 1. The standard InChI is InChI=1S/C17H18O3/c1-3-20-17(19)11-12(2)10-15-14-7-5-4-6-13(14)8-9-16(15)18/h4-9,11,18H,3,10H2,1-2H3/b12-11-. The summed E-state index contributed by atoms with van der Waals surface area (Å²) in [5.74, 6) is -0.0926. The van der Waals surface area contributed by atoms with Crippen molar-refractivity contribution in [3.05, 3.63) is 53.6 Å². The van der Waals surface area contributed by atoms with Crippen LogP contribution in [0.25, 0.3) is 10.8 Å². The molecule has 0 amide bonds. The van der Waals surface area contributed by atoms with Crippen molar-refractivity contribution >= 4 is 16.7 Å². The summed E-state index contributed by atoms with van der Waals surface area (Å²) < 4.78 is 4.89. The Balaban J connectivity index is 2.34. The second kappa shape index (κ2) is 6.24. The topological polar surface area (TPSA) is 46.5 Å². The predicted molar refractivity (Wildman–Crippen MR) is 79.7 cm³/mol. The minimum atomic E-state index is -0.343. The molecule has 0 aromatic heterocycles. The molecule has 1 N–H and O–H groups in total. The van der Waals surface area contributed by atoms with E-state index in [1.807, 2.05) is 37.3 Å². The van der Waals surface area contributed by atoms with E-state index in [1.54, 1.807) is 13.0 Å². The summed E-state index contributed by atoms with van der Waals surface area (Å²) in [7, 11) is 0. The van der Waals surface area contributed by atoms with Crippen LogP contribution in [0.3, 0.4) is 0 Å². The average molecular weight is 270 g/mol. The van der Waals surface area contributed by atoms with Gasteiger partial charge in [-0.3, -0.25) is 0 Å². The van der Waals surface area contributed by atoms with Crippen LogP contribution < -0.4 is 0 Å². The van der Waals surface area contributed by atoms with E-state index in [-0.39, 0.29) is 11.7 Å². The van der Waals surface area contributed by atoms with E-state index < -0.39 is 0 Å². The molecule has 2 aromatic rings. The first-order valence-electron chi connectivity index (χ1n) is 6.65. The van der Waals surface area contributed by atoms with Gasteiger partial charge in [-0.25, -0.2) is 4.79 Å². The van der Waals surface area contributed by atoms with Crippen molar-refractivity contribution < 1.29 is 14.6 Å². The Morgan fingerprint density at radius 1 is 1.25 bits per heavy atom. The lowest BCUT2D eigenvalue weighted by Gasteiger charge is -2.09. The molecule has 0 saturated carbocycles. The molecule has 0 bridgehead atoms.